The Hall–Kier alpha value is 0.210. The van der Waals surface area contributed by atoms with Gasteiger partial charge in [0.1, 0.15) is 0 Å². The van der Waals surface area contributed by atoms with Crippen molar-refractivity contribution in [1.82, 2.24) is 5.32 Å². The van der Waals surface area contributed by atoms with Crippen molar-refractivity contribution in [1.29, 1.82) is 0 Å². The summed E-state index contributed by atoms with van der Waals surface area (Å²) in [6, 6.07) is 0. The van der Waals surface area contributed by atoms with E-state index in [0.717, 1.165) is 32.2 Å². The zero-order valence-electron chi connectivity index (χ0n) is 11.4. The molecule has 0 saturated heterocycles. The van der Waals surface area contributed by atoms with Crippen molar-refractivity contribution in [2.75, 3.05) is 32.2 Å². The molecule has 102 valence electrons. The van der Waals surface area contributed by atoms with E-state index in [4.69, 9.17) is 16.3 Å². The number of alkyl halides is 1. The van der Waals surface area contributed by atoms with Crippen LogP contribution in [0.5, 0.6) is 0 Å². The Morgan fingerprint density at radius 2 is 1.94 bits per heavy atom. The summed E-state index contributed by atoms with van der Waals surface area (Å²) in [4.78, 5) is 0. The first kappa shape index (κ1) is 15.3. The summed E-state index contributed by atoms with van der Waals surface area (Å²) >= 11 is 6.15. The summed E-state index contributed by atoms with van der Waals surface area (Å²) in [5, 5.41) is 3.51. The first-order chi connectivity index (χ1) is 8.18. The molecule has 17 heavy (non-hydrogen) atoms. The van der Waals surface area contributed by atoms with Crippen molar-refractivity contribution in [3.8, 4) is 0 Å². The van der Waals surface area contributed by atoms with Crippen molar-refractivity contribution in [2.24, 2.45) is 11.3 Å². The number of halogens is 1. The van der Waals surface area contributed by atoms with Gasteiger partial charge in [-0.05, 0) is 24.2 Å². The van der Waals surface area contributed by atoms with E-state index in [1.54, 1.807) is 0 Å². The third-order valence-electron chi connectivity index (χ3n) is 3.57. The van der Waals surface area contributed by atoms with E-state index < -0.39 is 0 Å². The Morgan fingerprint density at radius 3 is 2.53 bits per heavy atom. The second-order valence-corrected chi connectivity index (χ2v) is 6.11. The Kier molecular flexibility index (Phi) is 7.49. The van der Waals surface area contributed by atoms with Crippen molar-refractivity contribution in [3.05, 3.63) is 0 Å². The van der Waals surface area contributed by atoms with E-state index in [2.05, 4.69) is 19.2 Å². The minimum atomic E-state index is 0.359. The van der Waals surface area contributed by atoms with Crippen LogP contribution >= 0.6 is 11.6 Å². The van der Waals surface area contributed by atoms with Crippen molar-refractivity contribution in [3.63, 3.8) is 0 Å². The van der Waals surface area contributed by atoms with Crippen LogP contribution in [0, 0.1) is 11.3 Å². The van der Waals surface area contributed by atoms with Gasteiger partial charge in [0.25, 0.3) is 0 Å². The minimum Gasteiger partial charge on any atom is -0.380 e. The van der Waals surface area contributed by atoms with Gasteiger partial charge >= 0.3 is 0 Å². The molecule has 0 radical (unpaired) electrons. The van der Waals surface area contributed by atoms with Gasteiger partial charge in [-0.1, -0.05) is 33.1 Å². The van der Waals surface area contributed by atoms with Crippen molar-refractivity contribution < 1.29 is 4.74 Å². The second-order valence-electron chi connectivity index (χ2n) is 5.84. The highest BCUT2D eigenvalue weighted by Crippen LogP contribution is 2.36. The van der Waals surface area contributed by atoms with E-state index in [9.17, 15) is 0 Å². The van der Waals surface area contributed by atoms with Gasteiger partial charge in [-0.3, -0.25) is 0 Å². The minimum absolute atomic E-state index is 0.359. The van der Waals surface area contributed by atoms with Gasteiger partial charge in [0.05, 0.1) is 6.61 Å². The van der Waals surface area contributed by atoms with Crippen molar-refractivity contribution >= 4 is 11.6 Å². The maximum absolute atomic E-state index is 6.15. The zero-order chi connectivity index (χ0) is 12.6. The first-order valence-electron chi connectivity index (χ1n) is 7.03. The summed E-state index contributed by atoms with van der Waals surface area (Å²) < 4.78 is 5.56. The lowest BCUT2D eigenvalue weighted by molar-refractivity contribution is 0.108. The fraction of sp³-hybridized carbons (Fsp3) is 1.00. The van der Waals surface area contributed by atoms with Crippen LogP contribution in [0.3, 0.4) is 0 Å². The van der Waals surface area contributed by atoms with E-state index >= 15 is 0 Å². The largest absolute Gasteiger partial charge is 0.380 e. The maximum atomic E-state index is 6.15. The van der Waals surface area contributed by atoms with Crippen LogP contribution < -0.4 is 5.32 Å². The summed E-state index contributed by atoms with van der Waals surface area (Å²) in [7, 11) is 0. The monoisotopic (exact) mass is 261 g/mol. The molecule has 0 unspecified atom stereocenters. The van der Waals surface area contributed by atoms with E-state index in [1.165, 1.54) is 32.1 Å². The molecule has 1 N–H and O–H groups in total. The number of nitrogens with one attached hydrogen (secondary N) is 1. The number of ether oxygens (including phenoxy) is 1. The molecule has 0 bridgehead atoms. The van der Waals surface area contributed by atoms with Gasteiger partial charge in [-0.2, -0.15) is 0 Å². The Labute approximate surface area is 111 Å². The van der Waals surface area contributed by atoms with Gasteiger partial charge in [-0.25, -0.2) is 0 Å². The normalized spacial score (nSPS) is 19.8. The standard InChI is InChI=1S/C14H28ClNO/c1-13(2)10-17-9-8-16-12-14(11-15)6-4-3-5-7-14/h13,16H,3-12H2,1-2H3. The van der Waals surface area contributed by atoms with E-state index in [0.29, 0.717) is 11.3 Å². The molecule has 0 amide bonds. The van der Waals surface area contributed by atoms with E-state index in [-0.39, 0.29) is 0 Å². The molecule has 1 aliphatic rings. The Bertz CT molecular complexity index is 191. The Balaban J connectivity index is 2.07. The molecule has 1 aliphatic carbocycles. The third kappa shape index (κ3) is 6.08. The third-order valence-corrected chi connectivity index (χ3v) is 4.14. The van der Waals surface area contributed by atoms with Gasteiger partial charge in [-0.15, -0.1) is 11.6 Å². The Morgan fingerprint density at radius 1 is 1.24 bits per heavy atom. The zero-order valence-corrected chi connectivity index (χ0v) is 12.2. The van der Waals surface area contributed by atoms with Crippen LogP contribution in [-0.2, 0) is 4.74 Å². The summed E-state index contributed by atoms with van der Waals surface area (Å²) in [5.74, 6) is 1.43. The number of hydrogen-bond acceptors (Lipinski definition) is 2. The fourth-order valence-corrected chi connectivity index (χ4v) is 2.84. The van der Waals surface area contributed by atoms with Gasteiger partial charge in [0.15, 0.2) is 0 Å². The topological polar surface area (TPSA) is 21.3 Å². The summed E-state index contributed by atoms with van der Waals surface area (Å²) in [6.07, 6.45) is 6.65. The molecule has 0 aromatic heterocycles. The van der Waals surface area contributed by atoms with Gasteiger partial charge in [0, 0.05) is 25.6 Å². The first-order valence-corrected chi connectivity index (χ1v) is 7.56. The predicted octanol–water partition coefficient (Wildman–Crippen LogP) is 3.44. The molecule has 0 aliphatic heterocycles. The predicted molar refractivity (Wildman–Crippen MR) is 74.8 cm³/mol. The lowest BCUT2D eigenvalue weighted by Crippen LogP contribution is -2.38. The molecule has 3 heteroatoms. The molecule has 1 saturated carbocycles. The second kappa shape index (κ2) is 8.34. The fourth-order valence-electron chi connectivity index (χ4n) is 2.48. The molecular formula is C14H28ClNO. The molecule has 1 fully saturated rings. The van der Waals surface area contributed by atoms with Gasteiger partial charge < -0.3 is 10.1 Å². The van der Waals surface area contributed by atoms with Gasteiger partial charge in [0.2, 0.25) is 0 Å². The molecule has 0 atom stereocenters. The molecular weight excluding hydrogens is 234 g/mol. The average molecular weight is 262 g/mol. The summed E-state index contributed by atoms with van der Waals surface area (Å²) in [5.41, 5.74) is 0.359. The highest BCUT2D eigenvalue weighted by atomic mass is 35.5. The van der Waals surface area contributed by atoms with Crippen molar-refractivity contribution in [2.45, 2.75) is 46.0 Å². The molecule has 1 rings (SSSR count). The average Bonchev–Trinajstić information content (AvgIpc) is 2.34. The molecule has 2 nitrogen and oxygen atoms in total. The molecule has 0 aromatic rings. The molecule has 0 aromatic carbocycles. The summed E-state index contributed by atoms with van der Waals surface area (Å²) in [6.45, 7) is 8.04. The van der Waals surface area contributed by atoms with E-state index in [1.807, 2.05) is 0 Å². The highest BCUT2D eigenvalue weighted by molar-refractivity contribution is 6.18. The van der Waals surface area contributed by atoms with Crippen LogP contribution in [-0.4, -0.2) is 32.2 Å². The lowest BCUT2D eigenvalue weighted by Gasteiger charge is -2.35. The lowest BCUT2D eigenvalue weighted by atomic mass is 9.75. The van der Waals surface area contributed by atoms with Crippen LogP contribution in [0.15, 0.2) is 0 Å². The number of hydrogen-bond donors (Lipinski definition) is 1. The van der Waals surface area contributed by atoms with Crippen LogP contribution in [0.25, 0.3) is 0 Å². The highest BCUT2D eigenvalue weighted by Gasteiger charge is 2.30. The quantitative estimate of drug-likeness (QED) is 0.534. The van der Waals surface area contributed by atoms with Crippen LogP contribution in [0.4, 0.5) is 0 Å². The molecule has 0 spiro atoms. The van der Waals surface area contributed by atoms with Crippen LogP contribution in [0.1, 0.15) is 46.0 Å². The number of rotatable bonds is 8. The molecule has 0 heterocycles. The SMILES string of the molecule is CC(C)COCCNCC1(CCl)CCCCC1. The smallest absolute Gasteiger partial charge is 0.0591 e. The maximum Gasteiger partial charge on any atom is 0.0591 e. The van der Waals surface area contributed by atoms with Crippen LogP contribution in [0.2, 0.25) is 0 Å².